The average Bonchev–Trinajstić information content (AvgIpc) is 2.36. The predicted molar refractivity (Wildman–Crippen MR) is 76.7 cm³/mol. The summed E-state index contributed by atoms with van der Waals surface area (Å²) >= 11 is 5.21. The van der Waals surface area contributed by atoms with E-state index in [4.69, 9.17) is 9.99 Å². The zero-order valence-electron chi connectivity index (χ0n) is 9.47. The van der Waals surface area contributed by atoms with Crippen LogP contribution in [-0.4, -0.2) is 27.6 Å². The van der Waals surface area contributed by atoms with Crippen LogP contribution in [0.15, 0.2) is 10.7 Å². The van der Waals surface area contributed by atoms with Crippen molar-refractivity contribution in [1.82, 2.24) is 4.98 Å². The van der Waals surface area contributed by atoms with E-state index in [2.05, 4.69) is 25.8 Å². The fourth-order valence-corrected chi connectivity index (χ4v) is 3.27. The van der Waals surface area contributed by atoms with Crippen LogP contribution in [0, 0.1) is 3.70 Å². The third kappa shape index (κ3) is 3.25. The molecule has 2 rings (SSSR count). The summed E-state index contributed by atoms with van der Waals surface area (Å²) in [6, 6.07) is 1.66. The highest BCUT2D eigenvalue weighted by molar-refractivity contribution is 14.1. The van der Waals surface area contributed by atoms with Gasteiger partial charge in [-0.1, -0.05) is 6.42 Å². The van der Waals surface area contributed by atoms with E-state index in [0.29, 0.717) is 14.1 Å². The minimum Gasteiger partial charge on any atom is -0.502 e. The maximum absolute atomic E-state index is 9.87. The Morgan fingerprint density at radius 1 is 1.33 bits per heavy atom. The van der Waals surface area contributed by atoms with Crippen LogP contribution in [0.3, 0.4) is 0 Å². The predicted octanol–water partition coefficient (Wildman–Crippen LogP) is 3.33. The molecular formula is C11H13BrINO4. The molecule has 5 nitrogen and oxygen atoms in total. The number of rotatable bonds is 3. The minimum absolute atomic E-state index is 0.0299. The normalized spacial score (nSPS) is 23.9. The van der Waals surface area contributed by atoms with Crippen LogP contribution >= 0.6 is 38.5 Å². The van der Waals surface area contributed by atoms with Crippen molar-refractivity contribution in [2.75, 3.05) is 0 Å². The lowest BCUT2D eigenvalue weighted by atomic mass is 9.95. The molecule has 1 aliphatic carbocycles. The Kier molecular flexibility index (Phi) is 5.05. The lowest BCUT2D eigenvalue weighted by molar-refractivity contribution is -0.299. The van der Waals surface area contributed by atoms with Crippen LogP contribution in [0.25, 0.3) is 0 Å². The summed E-state index contributed by atoms with van der Waals surface area (Å²) in [6.07, 6.45) is 2.98. The number of halogens is 2. The highest BCUT2D eigenvalue weighted by Gasteiger charge is 2.29. The van der Waals surface area contributed by atoms with E-state index in [1.54, 1.807) is 6.07 Å². The summed E-state index contributed by atoms with van der Waals surface area (Å²) in [4.78, 5) is 8.50. The molecule has 1 fully saturated rings. The van der Waals surface area contributed by atoms with Crippen molar-refractivity contribution in [3.63, 3.8) is 0 Å². The molecule has 1 aliphatic rings. The second-order valence-corrected chi connectivity index (χ2v) is 6.02. The number of aromatic nitrogens is 1. The quantitative estimate of drug-likeness (QED) is 0.333. The molecule has 0 amide bonds. The summed E-state index contributed by atoms with van der Waals surface area (Å²) in [7, 11) is 0. The molecule has 2 unspecified atom stereocenters. The lowest BCUT2D eigenvalue weighted by Crippen LogP contribution is -2.36. The van der Waals surface area contributed by atoms with Gasteiger partial charge >= 0.3 is 0 Å². The second kappa shape index (κ2) is 6.36. The molecule has 1 aromatic heterocycles. The van der Waals surface area contributed by atoms with Gasteiger partial charge in [-0.3, -0.25) is 5.26 Å². The highest BCUT2D eigenvalue weighted by atomic mass is 127. The summed E-state index contributed by atoms with van der Waals surface area (Å²) in [5.74, 6) is 0.327. The van der Waals surface area contributed by atoms with E-state index in [1.807, 2.05) is 22.6 Å². The van der Waals surface area contributed by atoms with Gasteiger partial charge in [-0.15, -0.1) is 0 Å². The third-order valence-electron chi connectivity index (χ3n) is 2.94. The van der Waals surface area contributed by atoms with E-state index >= 15 is 0 Å². The van der Waals surface area contributed by atoms with Gasteiger partial charge < -0.3 is 9.84 Å². The van der Waals surface area contributed by atoms with Crippen molar-refractivity contribution in [3.8, 4) is 11.5 Å². The molecule has 2 atom stereocenters. The summed E-state index contributed by atoms with van der Waals surface area (Å²) in [5.41, 5.74) is 0. The first-order valence-electron chi connectivity index (χ1n) is 5.63. The summed E-state index contributed by atoms with van der Waals surface area (Å²) in [5, 5.41) is 18.7. The Morgan fingerprint density at radius 2 is 2.00 bits per heavy atom. The maximum Gasteiger partial charge on any atom is 0.191 e. The first kappa shape index (κ1) is 14.3. The van der Waals surface area contributed by atoms with Crippen molar-refractivity contribution in [2.45, 2.75) is 37.9 Å². The Balaban J connectivity index is 2.17. The molecule has 2 N–H and O–H groups in total. The van der Waals surface area contributed by atoms with Gasteiger partial charge in [-0.05, 0) is 57.8 Å². The molecule has 7 heteroatoms. The topological polar surface area (TPSA) is 71.8 Å². The maximum atomic E-state index is 9.87. The van der Waals surface area contributed by atoms with E-state index in [0.717, 1.165) is 25.7 Å². The fraction of sp³-hybridized carbons (Fsp3) is 0.545. The van der Waals surface area contributed by atoms with Crippen LogP contribution in [0.5, 0.6) is 11.5 Å². The summed E-state index contributed by atoms with van der Waals surface area (Å²) < 4.78 is 6.80. The standard InChI is InChI=1S/C11H13BrINO4/c12-11-10(15)8(5-9(13)14-11)17-6-3-1-2-4-7(6)18-16/h5-7,15-16H,1-4H2. The fourth-order valence-electron chi connectivity index (χ4n) is 2.03. The van der Waals surface area contributed by atoms with Crippen LogP contribution < -0.4 is 4.74 Å². The van der Waals surface area contributed by atoms with Gasteiger partial charge in [0.2, 0.25) is 0 Å². The first-order chi connectivity index (χ1) is 8.61. The summed E-state index contributed by atoms with van der Waals surface area (Å²) in [6.45, 7) is 0. The molecule has 0 aliphatic heterocycles. The van der Waals surface area contributed by atoms with E-state index in [-0.39, 0.29) is 18.0 Å². The van der Waals surface area contributed by atoms with Crippen molar-refractivity contribution >= 4 is 38.5 Å². The Hall–Kier alpha value is -0.120. The zero-order valence-corrected chi connectivity index (χ0v) is 13.2. The van der Waals surface area contributed by atoms with Crippen LogP contribution in [0.4, 0.5) is 0 Å². The molecule has 0 bridgehead atoms. The van der Waals surface area contributed by atoms with Gasteiger partial charge in [-0.2, -0.15) is 0 Å². The highest BCUT2D eigenvalue weighted by Crippen LogP contribution is 2.36. The number of hydrogen-bond donors (Lipinski definition) is 2. The van der Waals surface area contributed by atoms with Gasteiger partial charge in [0.1, 0.15) is 15.9 Å². The Morgan fingerprint density at radius 3 is 2.67 bits per heavy atom. The van der Waals surface area contributed by atoms with Gasteiger partial charge in [-0.25, -0.2) is 9.87 Å². The number of ether oxygens (including phenoxy) is 1. The molecule has 1 saturated carbocycles. The molecule has 100 valence electrons. The van der Waals surface area contributed by atoms with E-state index in [1.165, 1.54) is 0 Å². The Bertz CT molecular complexity index is 432. The Labute approximate surface area is 127 Å². The minimum atomic E-state index is -0.345. The molecule has 1 heterocycles. The van der Waals surface area contributed by atoms with Gasteiger partial charge in [0.25, 0.3) is 0 Å². The lowest BCUT2D eigenvalue weighted by Gasteiger charge is -2.29. The van der Waals surface area contributed by atoms with Gasteiger partial charge in [0.15, 0.2) is 16.1 Å². The zero-order chi connectivity index (χ0) is 13.1. The van der Waals surface area contributed by atoms with Gasteiger partial charge in [0, 0.05) is 6.07 Å². The largest absolute Gasteiger partial charge is 0.502 e. The molecule has 1 aromatic rings. The molecule has 18 heavy (non-hydrogen) atoms. The number of hydrogen-bond acceptors (Lipinski definition) is 5. The molecular weight excluding hydrogens is 417 g/mol. The van der Waals surface area contributed by atoms with Crippen molar-refractivity contribution in [2.24, 2.45) is 0 Å². The molecule has 0 aromatic carbocycles. The monoisotopic (exact) mass is 429 g/mol. The van der Waals surface area contributed by atoms with Crippen LogP contribution in [0.1, 0.15) is 25.7 Å². The van der Waals surface area contributed by atoms with Crippen molar-refractivity contribution in [3.05, 3.63) is 14.4 Å². The van der Waals surface area contributed by atoms with Crippen molar-refractivity contribution in [1.29, 1.82) is 0 Å². The first-order valence-corrected chi connectivity index (χ1v) is 7.51. The molecule has 0 saturated heterocycles. The van der Waals surface area contributed by atoms with Gasteiger partial charge in [0.05, 0.1) is 0 Å². The smallest absolute Gasteiger partial charge is 0.191 e. The molecule has 0 radical (unpaired) electrons. The second-order valence-electron chi connectivity index (χ2n) is 4.17. The van der Waals surface area contributed by atoms with Crippen molar-refractivity contribution < 1.29 is 20.0 Å². The SMILES string of the molecule is OOC1CCCCC1Oc1cc(I)nc(Br)c1O. The number of nitrogens with zero attached hydrogens (tertiary/aromatic N) is 1. The number of aromatic hydroxyl groups is 1. The van der Waals surface area contributed by atoms with E-state index < -0.39 is 0 Å². The third-order valence-corrected chi connectivity index (χ3v) is 4.05. The molecule has 0 spiro atoms. The average molecular weight is 430 g/mol. The number of pyridine rings is 1. The van der Waals surface area contributed by atoms with Crippen LogP contribution in [0.2, 0.25) is 0 Å². The van der Waals surface area contributed by atoms with Crippen LogP contribution in [-0.2, 0) is 4.89 Å². The van der Waals surface area contributed by atoms with E-state index in [9.17, 15) is 5.11 Å².